The maximum absolute atomic E-state index is 8.91. The molecule has 0 atom stereocenters. The van der Waals surface area contributed by atoms with Gasteiger partial charge in [0.1, 0.15) is 0 Å². The fourth-order valence-electron chi connectivity index (χ4n) is 1.65. The Morgan fingerprint density at radius 2 is 2.22 bits per heavy atom. The summed E-state index contributed by atoms with van der Waals surface area (Å²) in [6.45, 7) is 2.75. The van der Waals surface area contributed by atoms with Crippen LogP contribution in [-0.4, -0.2) is 4.98 Å². The van der Waals surface area contributed by atoms with E-state index in [1.165, 1.54) is 5.56 Å². The van der Waals surface area contributed by atoms with Gasteiger partial charge in [-0.1, -0.05) is 15.9 Å². The first-order valence-corrected chi connectivity index (χ1v) is 6.32. The quantitative estimate of drug-likeness (QED) is 0.941. The van der Waals surface area contributed by atoms with E-state index in [-0.39, 0.29) is 0 Å². The Morgan fingerprint density at radius 1 is 1.39 bits per heavy atom. The van der Waals surface area contributed by atoms with Crippen LogP contribution in [0.15, 0.2) is 41.1 Å². The number of aryl methyl sites for hydroxylation is 1. The minimum atomic E-state index is 0.637. The first kappa shape index (κ1) is 12.6. The van der Waals surface area contributed by atoms with Crippen LogP contribution >= 0.6 is 15.9 Å². The second-order valence-electron chi connectivity index (χ2n) is 4.00. The van der Waals surface area contributed by atoms with E-state index in [1.54, 1.807) is 12.3 Å². The Balaban J connectivity index is 2.14. The van der Waals surface area contributed by atoms with E-state index in [0.717, 1.165) is 22.3 Å². The molecule has 0 aliphatic rings. The van der Waals surface area contributed by atoms with Crippen molar-refractivity contribution in [2.75, 3.05) is 5.32 Å². The van der Waals surface area contributed by atoms with Crippen LogP contribution in [0.3, 0.4) is 0 Å². The van der Waals surface area contributed by atoms with Crippen molar-refractivity contribution >= 4 is 21.6 Å². The van der Waals surface area contributed by atoms with E-state index in [0.29, 0.717) is 5.56 Å². The van der Waals surface area contributed by atoms with Crippen LogP contribution in [0.1, 0.15) is 16.7 Å². The number of nitrogens with one attached hydrogen (secondary N) is 1. The number of halogens is 1. The molecule has 1 aromatic carbocycles. The maximum Gasteiger partial charge on any atom is 0.0992 e. The molecule has 0 radical (unpaired) electrons. The minimum absolute atomic E-state index is 0.637. The molecule has 3 nitrogen and oxygen atoms in total. The molecule has 4 heteroatoms. The maximum atomic E-state index is 8.91. The SMILES string of the molecule is Cc1cnccc1CNc1cc(Br)cc(C#N)c1. The third-order valence-electron chi connectivity index (χ3n) is 2.65. The van der Waals surface area contributed by atoms with E-state index in [9.17, 15) is 0 Å². The molecule has 0 fully saturated rings. The lowest BCUT2D eigenvalue weighted by Gasteiger charge is -2.09. The second-order valence-corrected chi connectivity index (χ2v) is 4.91. The molecule has 1 N–H and O–H groups in total. The predicted molar refractivity (Wildman–Crippen MR) is 75.2 cm³/mol. The van der Waals surface area contributed by atoms with Crippen LogP contribution in [0.2, 0.25) is 0 Å². The van der Waals surface area contributed by atoms with Crippen LogP contribution in [0.4, 0.5) is 5.69 Å². The van der Waals surface area contributed by atoms with Gasteiger partial charge in [0.15, 0.2) is 0 Å². The largest absolute Gasteiger partial charge is 0.381 e. The number of nitrogens with zero attached hydrogens (tertiary/aromatic N) is 2. The Bertz CT molecular complexity index is 602. The Kier molecular flexibility index (Phi) is 3.96. The van der Waals surface area contributed by atoms with Crippen LogP contribution in [0.5, 0.6) is 0 Å². The summed E-state index contributed by atoms with van der Waals surface area (Å²) in [5, 5.41) is 12.2. The highest BCUT2D eigenvalue weighted by Gasteiger charge is 2.01. The van der Waals surface area contributed by atoms with E-state index in [2.05, 4.69) is 32.3 Å². The molecule has 90 valence electrons. The zero-order valence-corrected chi connectivity index (χ0v) is 11.5. The highest BCUT2D eigenvalue weighted by atomic mass is 79.9. The van der Waals surface area contributed by atoms with Crippen molar-refractivity contribution in [3.05, 3.63) is 57.8 Å². The van der Waals surface area contributed by atoms with Gasteiger partial charge in [-0.25, -0.2) is 0 Å². The number of hydrogen-bond donors (Lipinski definition) is 1. The first-order chi connectivity index (χ1) is 8.69. The van der Waals surface area contributed by atoms with Crippen molar-refractivity contribution in [2.45, 2.75) is 13.5 Å². The van der Waals surface area contributed by atoms with Crippen LogP contribution < -0.4 is 5.32 Å². The number of rotatable bonds is 3. The molecule has 0 bridgehead atoms. The Labute approximate surface area is 115 Å². The number of hydrogen-bond acceptors (Lipinski definition) is 3. The smallest absolute Gasteiger partial charge is 0.0992 e. The number of benzene rings is 1. The summed E-state index contributed by atoms with van der Waals surface area (Å²) >= 11 is 3.39. The highest BCUT2D eigenvalue weighted by Crippen LogP contribution is 2.20. The summed E-state index contributed by atoms with van der Waals surface area (Å²) in [6, 6.07) is 9.71. The van der Waals surface area contributed by atoms with Gasteiger partial charge >= 0.3 is 0 Å². The first-order valence-electron chi connectivity index (χ1n) is 5.53. The van der Waals surface area contributed by atoms with Crippen molar-refractivity contribution in [3.63, 3.8) is 0 Å². The fourth-order valence-corrected chi connectivity index (χ4v) is 2.15. The molecule has 0 amide bonds. The predicted octanol–water partition coefficient (Wildman–Crippen LogP) is 3.64. The van der Waals surface area contributed by atoms with Crippen molar-refractivity contribution in [2.24, 2.45) is 0 Å². The third-order valence-corrected chi connectivity index (χ3v) is 3.10. The standard InChI is InChI=1S/C14H12BrN3/c1-10-8-17-3-2-12(10)9-18-14-5-11(7-16)4-13(15)6-14/h2-6,8,18H,9H2,1H3. The number of anilines is 1. The molecule has 0 aliphatic carbocycles. The van der Waals surface area contributed by atoms with Crippen molar-refractivity contribution in [3.8, 4) is 6.07 Å². The van der Waals surface area contributed by atoms with Crippen LogP contribution in [0, 0.1) is 18.3 Å². The third kappa shape index (κ3) is 3.08. The summed E-state index contributed by atoms with van der Waals surface area (Å²) in [7, 11) is 0. The molecule has 0 saturated heterocycles. The molecular weight excluding hydrogens is 290 g/mol. The van der Waals surface area contributed by atoms with Crippen molar-refractivity contribution < 1.29 is 0 Å². The average molecular weight is 302 g/mol. The molecule has 0 spiro atoms. The molecule has 0 unspecified atom stereocenters. The zero-order valence-electron chi connectivity index (χ0n) is 9.94. The van der Waals surface area contributed by atoms with Gasteiger partial charge in [-0.2, -0.15) is 5.26 Å². The lowest BCUT2D eigenvalue weighted by atomic mass is 10.1. The zero-order chi connectivity index (χ0) is 13.0. The normalized spacial score (nSPS) is 9.83. The van der Waals surface area contributed by atoms with Crippen LogP contribution in [0.25, 0.3) is 0 Å². The molecule has 1 heterocycles. The topological polar surface area (TPSA) is 48.7 Å². The van der Waals surface area contributed by atoms with Crippen LogP contribution in [-0.2, 0) is 6.54 Å². The number of aromatic nitrogens is 1. The monoisotopic (exact) mass is 301 g/mol. The van der Waals surface area contributed by atoms with E-state index in [1.807, 2.05) is 31.3 Å². The van der Waals surface area contributed by atoms with E-state index >= 15 is 0 Å². The summed E-state index contributed by atoms with van der Waals surface area (Å²) < 4.78 is 0.899. The van der Waals surface area contributed by atoms with Gasteiger partial charge in [0.25, 0.3) is 0 Å². The Hall–Kier alpha value is -1.86. The molecule has 18 heavy (non-hydrogen) atoms. The molecular formula is C14H12BrN3. The van der Waals surface area contributed by atoms with E-state index in [4.69, 9.17) is 5.26 Å². The molecule has 2 rings (SSSR count). The van der Waals surface area contributed by atoms with Gasteiger partial charge in [-0.05, 0) is 42.3 Å². The molecule has 1 aromatic heterocycles. The molecule has 2 aromatic rings. The van der Waals surface area contributed by atoms with Gasteiger partial charge in [0, 0.05) is 29.1 Å². The summed E-state index contributed by atoms with van der Waals surface area (Å²) in [5.74, 6) is 0. The lowest BCUT2D eigenvalue weighted by molar-refractivity contribution is 1.09. The van der Waals surface area contributed by atoms with Gasteiger partial charge in [-0.15, -0.1) is 0 Å². The number of nitriles is 1. The minimum Gasteiger partial charge on any atom is -0.381 e. The summed E-state index contributed by atoms with van der Waals surface area (Å²) in [4.78, 5) is 4.06. The second kappa shape index (κ2) is 5.65. The van der Waals surface area contributed by atoms with Gasteiger partial charge in [0.2, 0.25) is 0 Å². The average Bonchev–Trinajstić information content (AvgIpc) is 2.37. The fraction of sp³-hybridized carbons (Fsp3) is 0.143. The highest BCUT2D eigenvalue weighted by molar-refractivity contribution is 9.10. The number of pyridine rings is 1. The van der Waals surface area contributed by atoms with Gasteiger partial charge in [0.05, 0.1) is 11.6 Å². The van der Waals surface area contributed by atoms with Crippen molar-refractivity contribution in [1.29, 1.82) is 5.26 Å². The molecule has 0 aliphatic heterocycles. The van der Waals surface area contributed by atoms with Gasteiger partial charge < -0.3 is 5.32 Å². The Morgan fingerprint density at radius 3 is 2.94 bits per heavy atom. The lowest BCUT2D eigenvalue weighted by Crippen LogP contribution is -2.01. The van der Waals surface area contributed by atoms with E-state index < -0.39 is 0 Å². The summed E-state index contributed by atoms with van der Waals surface area (Å²) in [5.41, 5.74) is 3.92. The molecule has 0 saturated carbocycles. The summed E-state index contributed by atoms with van der Waals surface area (Å²) in [6.07, 6.45) is 3.63. The van der Waals surface area contributed by atoms with Crippen molar-refractivity contribution in [1.82, 2.24) is 4.98 Å². The van der Waals surface area contributed by atoms with Gasteiger partial charge in [-0.3, -0.25) is 4.98 Å².